The fourth-order valence-electron chi connectivity index (χ4n) is 1.07. The number of rotatable bonds is 4. The molecule has 0 unspecified atom stereocenters. The molecule has 0 aliphatic rings. The zero-order valence-electron chi connectivity index (χ0n) is 7.64. The van der Waals surface area contributed by atoms with Crippen molar-refractivity contribution < 1.29 is 8.78 Å². The summed E-state index contributed by atoms with van der Waals surface area (Å²) >= 11 is 5.47. The largest absolute Gasteiger partial charge is 0.204 e. The van der Waals surface area contributed by atoms with Gasteiger partial charge in [0.15, 0.2) is 11.6 Å². The number of benzene rings is 1. The van der Waals surface area contributed by atoms with Crippen LogP contribution in [0.1, 0.15) is 12.0 Å². The molecule has 1 rings (SSSR count). The molecular weight excluding hydrogens is 206 g/mol. The van der Waals surface area contributed by atoms with Gasteiger partial charge in [-0.15, -0.1) is 11.6 Å². The lowest BCUT2D eigenvalue weighted by Crippen LogP contribution is -1.87. The minimum absolute atomic E-state index is 0.578. The highest BCUT2D eigenvalue weighted by molar-refractivity contribution is 6.17. The van der Waals surface area contributed by atoms with Crippen LogP contribution in [0.2, 0.25) is 0 Å². The van der Waals surface area contributed by atoms with Crippen molar-refractivity contribution in [2.75, 3.05) is 5.88 Å². The number of alkyl halides is 1. The first-order chi connectivity index (χ1) is 6.74. The van der Waals surface area contributed by atoms with Crippen molar-refractivity contribution in [2.24, 2.45) is 0 Å². The van der Waals surface area contributed by atoms with E-state index in [9.17, 15) is 8.78 Å². The Hall–Kier alpha value is -0.890. The molecular formula is C11H11ClF2. The molecule has 1 aromatic carbocycles. The maximum absolute atomic E-state index is 12.7. The van der Waals surface area contributed by atoms with E-state index in [0.717, 1.165) is 18.1 Å². The third-order valence-electron chi connectivity index (χ3n) is 1.78. The second-order valence-corrected chi connectivity index (χ2v) is 3.28. The lowest BCUT2D eigenvalue weighted by molar-refractivity contribution is 0.507. The van der Waals surface area contributed by atoms with Crippen molar-refractivity contribution in [2.45, 2.75) is 12.8 Å². The number of hydrogen-bond donors (Lipinski definition) is 0. The molecule has 0 saturated heterocycles. The Kier molecular flexibility index (Phi) is 4.60. The summed E-state index contributed by atoms with van der Waals surface area (Å²) in [7, 11) is 0. The van der Waals surface area contributed by atoms with Gasteiger partial charge in [0.25, 0.3) is 0 Å². The van der Waals surface area contributed by atoms with Gasteiger partial charge < -0.3 is 0 Å². The minimum Gasteiger partial charge on any atom is -0.204 e. The molecule has 0 aliphatic carbocycles. The molecule has 0 saturated carbocycles. The SMILES string of the molecule is Fc1ccc(C/C=C/CCCl)cc1F. The van der Waals surface area contributed by atoms with Crippen LogP contribution in [-0.4, -0.2) is 5.88 Å². The number of hydrogen-bond acceptors (Lipinski definition) is 0. The Morgan fingerprint density at radius 2 is 1.93 bits per heavy atom. The molecule has 14 heavy (non-hydrogen) atoms. The zero-order valence-corrected chi connectivity index (χ0v) is 8.40. The van der Waals surface area contributed by atoms with Crippen LogP contribution in [0.3, 0.4) is 0 Å². The van der Waals surface area contributed by atoms with Crippen molar-refractivity contribution in [3.05, 3.63) is 47.5 Å². The first-order valence-corrected chi connectivity index (χ1v) is 4.92. The Balaban J connectivity index is 2.55. The molecule has 0 spiro atoms. The van der Waals surface area contributed by atoms with Crippen molar-refractivity contribution in [3.63, 3.8) is 0 Å². The highest BCUT2D eigenvalue weighted by Crippen LogP contribution is 2.09. The Labute approximate surface area is 87.2 Å². The van der Waals surface area contributed by atoms with Gasteiger partial charge in [-0.3, -0.25) is 0 Å². The summed E-state index contributed by atoms with van der Waals surface area (Å²) in [5.41, 5.74) is 0.759. The Morgan fingerprint density at radius 1 is 1.14 bits per heavy atom. The van der Waals surface area contributed by atoms with Gasteiger partial charge in [0.05, 0.1) is 0 Å². The first-order valence-electron chi connectivity index (χ1n) is 4.39. The van der Waals surface area contributed by atoms with Crippen molar-refractivity contribution in [3.8, 4) is 0 Å². The first kappa shape index (κ1) is 11.2. The van der Waals surface area contributed by atoms with Crippen molar-refractivity contribution in [1.29, 1.82) is 0 Å². The van der Waals surface area contributed by atoms with Crippen LogP contribution in [0.4, 0.5) is 8.78 Å². The lowest BCUT2D eigenvalue weighted by Gasteiger charge is -1.97. The molecule has 0 radical (unpaired) electrons. The van der Waals surface area contributed by atoms with Gasteiger partial charge in [0, 0.05) is 5.88 Å². The van der Waals surface area contributed by atoms with E-state index in [0.29, 0.717) is 12.3 Å². The van der Waals surface area contributed by atoms with E-state index in [1.165, 1.54) is 6.07 Å². The molecule has 0 N–H and O–H groups in total. The van der Waals surface area contributed by atoms with E-state index in [1.807, 2.05) is 12.2 Å². The average molecular weight is 217 g/mol. The third-order valence-corrected chi connectivity index (χ3v) is 2.00. The van der Waals surface area contributed by atoms with E-state index in [4.69, 9.17) is 11.6 Å². The van der Waals surface area contributed by atoms with Gasteiger partial charge in [-0.2, -0.15) is 0 Å². The molecule has 0 heterocycles. The number of halogens is 3. The van der Waals surface area contributed by atoms with E-state index < -0.39 is 11.6 Å². The smallest absolute Gasteiger partial charge is 0.159 e. The van der Waals surface area contributed by atoms with Crippen molar-refractivity contribution >= 4 is 11.6 Å². The predicted molar refractivity (Wildman–Crippen MR) is 54.5 cm³/mol. The number of allylic oxidation sites excluding steroid dienone is 2. The quantitative estimate of drug-likeness (QED) is 0.532. The second kappa shape index (κ2) is 5.76. The van der Waals surface area contributed by atoms with Gasteiger partial charge in [0.2, 0.25) is 0 Å². The third kappa shape index (κ3) is 3.46. The van der Waals surface area contributed by atoms with Gasteiger partial charge in [-0.1, -0.05) is 18.2 Å². The zero-order chi connectivity index (χ0) is 10.4. The summed E-state index contributed by atoms with van der Waals surface area (Å²) in [6.07, 6.45) is 5.22. The molecule has 3 heteroatoms. The van der Waals surface area contributed by atoms with Crippen LogP contribution in [0, 0.1) is 11.6 Å². The van der Waals surface area contributed by atoms with E-state index >= 15 is 0 Å². The average Bonchev–Trinajstić information content (AvgIpc) is 2.18. The molecule has 0 aromatic heterocycles. The standard InChI is InChI=1S/C11H11ClF2/c12-7-3-1-2-4-9-5-6-10(13)11(14)8-9/h1-2,5-6,8H,3-4,7H2/b2-1+. The Morgan fingerprint density at radius 3 is 2.57 bits per heavy atom. The van der Waals surface area contributed by atoms with Gasteiger partial charge >= 0.3 is 0 Å². The van der Waals surface area contributed by atoms with Gasteiger partial charge in [-0.25, -0.2) is 8.78 Å². The van der Waals surface area contributed by atoms with E-state index in [-0.39, 0.29) is 0 Å². The summed E-state index contributed by atoms with van der Waals surface area (Å²) < 4.78 is 25.3. The summed E-state index contributed by atoms with van der Waals surface area (Å²) in [5.74, 6) is -1.03. The van der Waals surface area contributed by atoms with Crippen LogP contribution >= 0.6 is 11.6 Å². The molecule has 0 atom stereocenters. The van der Waals surface area contributed by atoms with Crippen LogP contribution in [0.15, 0.2) is 30.4 Å². The fraction of sp³-hybridized carbons (Fsp3) is 0.273. The van der Waals surface area contributed by atoms with Crippen LogP contribution < -0.4 is 0 Å². The molecule has 0 aliphatic heterocycles. The minimum atomic E-state index is -0.807. The predicted octanol–water partition coefficient (Wildman–Crippen LogP) is 3.69. The molecule has 0 fully saturated rings. The second-order valence-electron chi connectivity index (χ2n) is 2.90. The molecule has 0 bridgehead atoms. The van der Waals surface area contributed by atoms with Gasteiger partial charge in [0.1, 0.15) is 0 Å². The van der Waals surface area contributed by atoms with Crippen LogP contribution in [0.5, 0.6) is 0 Å². The van der Waals surface area contributed by atoms with E-state index in [1.54, 1.807) is 6.07 Å². The highest BCUT2D eigenvalue weighted by atomic mass is 35.5. The lowest BCUT2D eigenvalue weighted by atomic mass is 10.1. The van der Waals surface area contributed by atoms with Crippen LogP contribution in [0.25, 0.3) is 0 Å². The van der Waals surface area contributed by atoms with Crippen LogP contribution in [-0.2, 0) is 6.42 Å². The van der Waals surface area contributed by atoms with Crippen molar-refractivity contribution in [1.82, 2.24) is 0 Å². The monoisotopic (exact) mass is 216 g/mol. The topological polar surface area (TPSA) is 0 Å². The summed E-state index contributed by atoms with van der Waals surface area (Å²) in [6.45, 7) is 0. The summed E-state index contributed by atoms with van der Waals surface area (Å²) in [5, 5.41) is 0. The maximum atomic E-state index is 12.7. The summed E-state index contributed by atoms with van der Waals surface area (Å²) in [6, 6.07) is 3.92. The highest BCUT2D eigenvalue weighted by Gasteiger charge is 2.00. The normalized spacial score (nSPS) is 11.1. The van der Waals surface area contributed by atoms with Gasteiger partial charge in [-0.05, 0) is 30.5 Å². The van der Waals surface area contributed by atoms with E-state index in [2.05, 4.69) is 0 Å². The molecule has 76 valence electrons. The molecule has 0 amide bonds. The fourth-order valence-corrected chi connectivity index (χ4v) is 1.19. The maximum Gasteiger partial charge on any atom is 0.159 e. The Bertz CT molecular complexity index is 321. The summed E-state index contributed by atoms with van der Waals surface area (Å²) in [4.78, 5) is 0. The molecule has 1 aromatic rings. The molecule has 0 nitrogen and oxygen atoms in total.